The molecule has 22 heavy (non-hydrogen) atoms. The number of amides is 1. The van der Waals surface area contributed by atoms with E-state index in [1.807, 2.05) is 6.07 Å². The maximum Gasteiger partial charge on any atom is 0.266 e. The number of nitrogens with one attached hydrogen (secondary N) is 3. The lowest BCUT2D eigenvalue weighted by Gasteiger charge is -2.23. The number of carbonyl (C=O) groups is 1. The highest BCUT2D eigenvalue weighted by atomic mass is 16.1. The molecule has 2 rings (SSSR count). The number of hydrogen-bond donors (Lipinski definition) is 3. The van der Waals surface area contributed by atoms with Crippen molar-refractivity contribution in [1.29, 1.82) is 5.26 Å². The van der Waals surface area contributed by atoms with Gasteiger partial charge in [0.15, 0.2) is 0 Å². The largest absolute Gasteiger partial charge is 0.352 e. The minimum Gasteiger partial charge on any atom is -0.352 e. The van der Waals surface area contributed by atoms with Gasteiger partial charge in [-0.15, -0.1) is 0 Å². The van der Waals surface area contributed by atoms with E-state index < -0.39 is 0 Å². The Morgan fingerprint density at radius 3 is 2.86 bits per heavy atom. The lowest BCUT2D eigenvalue weighted by Crippen LogP contribution is -2.45. The first kappa shape index (κ1) is 16.2. The topological polar surface area (TPSA) is 97.8 Å². The third kappa shape index (κ3) is 3.74. The Kier molecular flexibility index (Phi) is 5.34. The smallest absolute Gasteiger partial charge is 0.266 e. The predicted octanol–water partition coefficient (Wildman–Crippen LogP) is 0.664. The molecule has 0 spiro atoms. The van der Waals surface area contributed by atoms with Crippen molar-refractivity contribution in [2.75, 3.05) is 13.1 Å². The molecule has 0 bridgehead atoms. The van der Waals surface area contributed by atoms with Gasteiger partial charge in [0, 0.05) is 24.7 Å². The van der Waals surface area contributed by atoms with Crippen LogP contribution < -0.4 is 16.2 Å². The fraction of sp³-hybridized carbons (Fsp3) is 0.562. The average molecular weight is 302 g/mol. The van der Waals surface area contributed by atoms with Crippen LogP contribution in [0.2, 0.25) is 0 Å². The summed E-state index contributed by atoms with van der Waals surface area (Å²) in [7, 11) is 0. The second-order valence-electron chi connectivity index (χ2n) is 5.78. The number of carbonyl (C=O) groups excluding carboxylic acids is 1. The van der Waals surface area contributed by atoms with Crippen molar-refractivity contribution in [1.82, 2.24) is 15.6 Å². The molecule has 6 heteroatoms. The Labute approximate surface area is 129 Å². The molecule has 1 amide bonds. The number of aromatic amines is 1. The van der Waals surface area contributed by atoms with Gasteiger partial charge >= 0.3 is 0 Å². The highest BCUT2D eigenvalue weighted by Gasteiger charge is 2.17. The highest BCUT2D eigenvalue weighted by Crippen LogP contribution is 2.15. The summed E-state index contributed by atoms with van der Waals surface area (Å²) >= 11 is 0. The van der Waals surface area contributed by atoms with Gasteiger partial charge in [0.05, 0.1) is 0 Å². The zero-order valence-corrected chi connectivity index (χ0v) is 13.1. The van der Waals surface area contributed by atoms with Crippen LogP contribution in [0.25, 0.3) is 0 Å². The van der Waals surface area contributed by atoms with E-state index in [9.17, 15) is 9.59 Å². The molecule has 1 saturated heterocycles. The minimum atomic E-state index is -0.362. The highest BCUT2D eigenvalue weighted by molar-refractivity contribution is 5.76. The molecule has 1 atom stereocenters. The van der Waals surface area contributed by atoms with Crippen LogP contribution in [0.1, 0.15) is 41.6 Å². The minimum absolute atomic E-state index is 0.0113. The number of nitrogens with zero attached hydrogens (tertiary/aromatic N) is 1. The molecule has 0 aromatic carbocycles. The Morgan fingerprint density at radius 2 is 2.23 bits per heavy atom. The van der Waals surface area contributed by atoms with Crippen LogP contribution in [0.15, 0.2) is 4.79 Å². The van der Waals surface area contributed by atoms with Crippen LogP contribution in [0, 0.1) is 25.2 Å². The number of aryl methyl sites for hydroxylation is 1. The Balaban J connectivity index is 2.01. The Hall–Kier alpha value is -2.13. The molecule has 6 nitrogen and oxygen atoms in total. The molecular formula is C16H22N4O2. The summed E-state index contributed by atoms with van der Waals surface area (Å²) in [5.41, 5.74) is 2.06. The van der Waals surface area contributed by atoms with E-state index in [1.54, 1.807) is 13.8 Å². The monoisotopic (exact) mass is 302 g/mol. The van der Waals surface area contributed by atoms with Crippen molar-refractivity contribution < 1.29 is 4.79 Å². The van der Waals surface area contributed by atoms with E-state index in [-0.39, 0.29) is 23.1 Å². The first-order valence-electron chi connectivity index (χ1n) is 7.65. The molecule has 0 saturated carbocycles. The van der Waals surface area contributed by atoms with Crippen LogP contribution in [0.3, 0.4) is 0 Å². The molecule has 0 radical (unpaired) electrons. The standard InChI is InChI=1S/C16H22N4O2/c1-10-13(11(2)19-16(22)14(10)8-17)5-6-15(21)20-12-4-3-7-18-9-12/h12,18H,3-7,9H2,1-2H3,(H,19,22)(H,20,21)/t12-/m0/s1. The van der Waals surface area contributed by atoms with Crippen molar-refractivity contribution in [2.45, 2.75) is 45.6 Å². The Bertz CT molecular complexity index is 651. The first-order chi connectivity index (χ1) is 10.5. The van der Waals surface area contributed by atoms with Gasteiger partial charge in [-0.2, -0.15) is 5.26 Å². The van der Waals surface area contributed by atoms with Crippen molar-refractivity contribution in [3.8, 4) is 6.07 Å². The zero-order valence-electron chi connectivity index (χ0n) is 13.1. The molecule has 1 fully saturated rings. The molecule has 2 heterocycles. The summed E-state index contributed by atoms with van der Waals surface area (Å²) in [6.07, 6.45) is 2.97. The molecule has 1 aliphatic rings. The van der Waals surface area contributed by atoms with Crippen molar-refractivity contribution in [3.05, 3.63) is 32.7 Å². The molecule has 1 aromatic heterocycles. The number of rotatable bonds is 4. The number of H-pyrrole nitrogens is 1. The third-order valence-electron chi connectivity index (χ3n) is 4.18. The van der Waals surface area contributed by atoms with E-state index in [2.05, 4.69) is 15.6 Å². The van der Waals surface area contributed by atoms with Crippen LogP contribution >= 0.6 is 0 Å². The second-order valence-corrected chi connectivity index (χ2v) is 5.78. The fourth-order valence-corrected chi connectivity index (χ4v) is 2.93. The average Bonchev–Trinajstić information content (AvgIpc) is 2.48. The number of nitriles is 1. The van der Waals surface area contributed by atoms with E-state index in [0.29, 0.717) is 18.4 Å². The number of aromatic nitrogens is 1. The number of piperidine rings is 1. The van der Waals surface area contributed by atoms with Crippen LogP contribution in [0.5, 0.6) is 0 Å². The second kappa shape index (κ2) is 7.23. The first-order valence-corrected chi connectivity index (χ1v) is 7.65. The molecular weight excluding hydrogens is 280 g/mol. The molecule has 0 aliphatic carbocycles. The van der Waals surface area contributed by atoms with Gasteiger partial charge in [0.2, 0.25) is 5.91 Å². The number of hydrogen-bond acceptors (Lipinski definition) is 4. The third-order valence-corrected chi connectivity index (χ3v) is 4.18. The SMILES string of the molecule is Cc1[nH]c(=O)c(C#N)c(C)c1CCC(=O)N[C@H]1CCCNC1. The van der Waals surface area contributed by atoms with Crippen LogP contribution in [0.4, 0.5) is 0 Å². The summed E-state index contributed by atoms with van der Waals surface area (Å²) in [6.45, 7) is 5.40. The maximum absolute atomic E-state index is 12.1. The van der Waals surface area contributed by atoms with Gasteiger partial charge in [-0.1, -0.05) is 0 Å². The lowest BCUT2D eigenvalue weighted by molar-refractivity contribution is -0.121. The van der Waals surface area contributed by atoms with Gasteiger partial charge in [0.25, 0.3) is 5.56 Å². The van der Waals surface area contributed by atoms with Crippen molar-refractivity contribution >= 4 is 5.91 Å². The molecule has 1 aliphatic heterocycles. The summed E-state index contributed by atoms with van der Waals surface area (Å²) in [6, 6.07) is 2.13. The van der Waals surface area contributed by atoms with E-state index in [4.69, 9.17) is 5.26 Å². The van der Waals surface area contributed by atoms with Crippen LogP contribution in [-0.2, 0) is 11.2 Å². The van der Waals surface area contributed by atoms with E-state index in [1.165, 1.54) is 0 Å². The molecule has 3 N–H and O–H groups in total. The molecule has 1 aromatic rings. The van der Waals surface area contributed by atoms with Crippen molar-refractivity contribution in [2.24, 2.45) is 0 Å². The normalized spacial score (nSPS) is 17.8. The maximum atomic E-state index is 12.1. The predicted molar refractivity (Wildman–Crippen MR) is 83.6 cm³/mol. The van der Waals surface area contributed by atoms with Gasteiger partial charge in [-0.25, -0.2) is 0 Å². The molecule has 0 unspecified atom stereocenters. The van der Waals surface area contributed by atoms with Crippen molar-refractivity contribution in [3.63, 3.8) is 0 Å². The summed E-state index contributed by atoms with van der Waals surface area (Å²) in [4.78, 5) is 26.4. The quantitative estimate of drug-likeness (QED) is 0.761. The van der Waals surface area contributed by atoms with E-state index >= 15 is 0 Å². The van der Waals surface area contributed by atoms with Gasteiger partial charge in [0.1, 0.15) is 11.6 Å². The molecule has 118 valence electrons. The van der Waals surface area contributed by atoms with Gasteiger partial charge in [-0.3, -0.25) is 9.59 Å². The van der Waals surface area contributed by atoms with Gasteiger partial charge < -0.3 is 15.6 Å². The number of pyridine rings is 1. The van der Waals surface area contributed by atoms with Gasteiger partial charge in [-0.05, 0) is 50.8 Å². The summed E-state index contributed by atoms with van der Waals surface area (Å²) < 4.78 is 0. The summed E-state index contributed by atoms with van der Waals surface area (Å²) in [5.74, 6) is 0.0113. The zero-order chi connectivity index (χ0) is 16.1. The Morgan fingerprint density at radius 1 is 1.45 bits per heavy atom. The van der Waals surface area contributed by atoms with E-state index in [0.717, 1.165) is 37.2 Å². The van der Waals surface area contributed by atoms with Crippen LogP contribution in [-0.4, -0.2) is 30.0 Å². The summed E-state index contributed by atoms with van der Waals surface area (Å²) in [5, 5.41) is 15.3. The lowest BCUT2D eigenvalue weighted by atomic mass is 9.98. The fourth-order valence-electron chi connectivity index (χ4n) is 2.93.